The molecule has 26 heavy (non-hydrogen) atoms. The molecule has 0 aromatic heterocycles. The highest BCUT2D eigenvalue weighted by Gasteiger charge is 2.20. The van der Waals surface area contributed by atoms with Gasteiger partial charge in [0.2, 0.25) is 5.75 Å². The summed E-state index contributed by atoms with van der Waals surface area (Å²) < 4.78 is 38.9. The van der Waals surface area contributed by atoms with Crippen LogP contribution < -0.4 is 9.47 Å². The highest BCUT2D eigenvalue weighted by atomic mass is 32.2. The molecule has 9 heteroatoms. The van der Waals surface area contributed by atoms with Gasteiger partial charge in [-0.25, -0.2) is 0 Å². The molecule has 0 heterocycles. The number of nitrogens with zero attached hydrogens (tertiary/aromatic N) is 2. The molecule has 0 spiro atoms. The number of nitro benzene ring substituents is 1. The Kier molecular flexibility index (Phi) is 6.29. The van der Waals surface area contributed by atoms with Crippen molar-refractivity contribution in [3.8, 4) is 11.5 Å². The third-order valence-corrected chi connectivity index (χ3v) is 4.51. The molecule has 0 aliphatic rings. The summed E-state index contributed by atoms with van der Waals surface area (Å²) in [5.74, 6) is 0.289. The summed E-state index contributed by atoms with van der Waals surface area (Å²) in [5, 5.41) is 11.3. The molecule has 0 unspecified atom stereocenters. The van der Waals surface area contributed by atoms with Crippen LogP contribution in [0.15, 0.2) is 51.8 Å². The Morgan fingerprint density at radius 2 is 1.69 bits per heavy atom. The van der Waals surface area contributed by atoms with E-state index in [1.165, 1.54) is 24.3 Å². The molecule has 0 amide bonds. The van der Waals surface area contributed by atoms with Gasteiger partial charge in [-0.15, -0.1) is 0 Å². The molecular formula is C17H18N2O6S. The van der Waals surface area contributed by atoms with Crippen LogP contribution in [0.2, 0.25) is 0 Å². The van der Waals surface area contributed by atoms with Gasteiger partial charge in [-0.1, -0.05) is 18.2 Å². The fourth-order valence-electron chi connectivity index (χ4n) is 2.14. The molecule has 0 saturated carbocycles. The molecule has 2 aromatic carbocycles. The lowest BCUT2D eigenvalue weighted by Gasteiger charge is -2.10. The van der Waals surface area contributed by atoms with Gasteiger partial charge in [-0.2, -0.15) is 12.8 Å². The van der Waals surface area contributed by atoms with Crippen molar-refractivity contribution in [1.82, 2.24) is 0 Å². The molecule has 2 aromatic rings. The summed E-state index contributed by atoms with van der Waals surface area (Å²) in [7, 11) is -3.93. The van der Waals surface area contributed by atoms with E-state index in [1.807, 2.05) is 0 Å². The standard InChI is InChI=1S/C17H18N2O6S/c1-3-24-16-11-17(25-4-2)15(19(20)21)10-13(16)12-18-26(22,23)14-8-6-5-7-9-14/h5-12H,3-4H2,1-2H3/b18-12-. The van der Waals surface area contributed by atoms with Crippen LogP contribution in [0.4, 0.5) is 5.69 Å². The first kappa shape index (κ1) is 19.4. The molecule has 0 N–H and O–H groups in total. The average Bonchev–Trinajstić information content (AvgIpc) is 2.62. The quantitative estimate of drug-likeness (QED) is 0.396. The minimum atomic E-state index is -3.93. The van der Waals surface area contributed by atoms with Crippen molar-refractivity contribution in [3.63, 3.8) is 0 Å². The van der Waals surface area contributed by atoms with Gasteiger partial charge in [-0.3, -0.25) is 10.1 Å². The number of hydrogen-bond donors (Lipinski definition) is 0. The van der Waals surface area contributed by atoms with Crippen molar-refractivity contribution in [3.05, 3.63) is 58.1 Å². The molecule has 8 nitrogen and oxygen atoms in total. The summed E-state index contributed by atoms with van der Waals surface area (Å²) in [6, 6.07) is 10.2. The molecule has 0 radical (unpaired) electrons. The topological polar surface area (TPSA) is 108 Å². The van der Waals surface area contributed by atoms with Gasteiger partial charge in [0, 0.05) is 17.7 Å². The van der Waals surface area contributed by atoms with Crippen LogP contribution >= 0.6 is 0 Å². The van der Waals surface area contributed by atoms with E-state index in [0.717, 1.165) is 6.21 Å². The summed E-state index contributed by atoms with van der Waals surface area (Å²) >= 11 is 0. The first-order valence-electron chi connectivity index (χ1n) is 7.82. The SMILES string of the molecule is CCOc1cc(OCC)c([N+](=O)[O-])cc1/C=N\S(=O)(=O)c1ccccc1. The number of ether oxygens (including phenoxy) is 2. The van der Waals surface area contributed by atoms with Gasteiger partial charge in [0.1, 0.15) is 5.75 Å². The fraction of sp³-hybridized carbons (Fsp3) is 0.235. The third kappa shape index (κ3) is 4.57. The van der Waals surface area contributed by atoms with Gasteiger partial charge >= 0.3 is 5.69 Å². The summed E-state index contributed by atoms with van der Waals surface area (Å²) in [4.78, 5) is 10.7. The Morgan fingerprint density at radius 3 is 2.27 bits per heavy atom. The van der Waals surface area contributed by atoms with Crippen molar-refractivity contribution < 1.29 is 22.8 Å². The van der Waals surface area contributed by atoms with Crippen molar-refractivity contribution >= 4 is 21.9 Å². The number of rotatable bonds is 8. The van der Waals surface area contributed by atoms with Crippen LogP contribution in [0.25, 0.3) is 0 Å². The Balaban J connectivity index is 2.50. The molecule has 0 bridgehead atoms. The normalized spacial score (nSPS) is 11.5. The first-order chi connectivity index (χ1) is 12.4. The number of nitro groups is 1. The predicted octanol–water partition coefficient (Wildman–Crippen LogP) is 3.20. The monoisotopic (exact) mass is 378 g/mol. The maximum Gasteiger partial charge on any atom is 0.311 e. The summed E-state index contributed by atoms with van der Waals surface area (Å²) in [6.45, 7) is 3.97. The molecule has 2 rings (SSSR count). The smallest absolute Gasteiger partial charge is 0.311 e. The van der Waals surface area contributed by atoms with Gasteiger partial charge in [-0.05, 0) is 26.0 Å². The van der Waals surface area contributed by atoms with Crippen LogP contribution in [0.3, 0.4) is 0 Å². The Bertz CT molecular complexity index is 910. The van der Waals surface area contributed by atoms with Crippen molar-refractivity contribution in [2.75, 3.05) is 13.2 Å². The molecule has 0 fully saturated rings. The second kappa shape index (κ2) is 8.43. The van der Waals surface area contributed by atoms with Gasteiger partial charge < -0.3 is 9.47 Å². The van der Waals surface area contributed by atoms with Gasteiger partial charge in [0.05, 0.1) is 29.2 Å². The highest BCUT2D eigenvalue weighted by Crippen LogP contribution is 2.34. The van der Waals surface area contributed by atoms with E-state index in [4.69, 9.17) is 9.47 Å². The lowest BCUT2D eigenvalue weighted by Crippen LogP contribution is -2.03. The third-order valence-electron chi connectivity index (χ3n) is 3.26. The van der Waals surface area contributed by atoms with E-state index in [0.29, 0.717) is 0 Å². The lowest BCUT2D eigenvalue weighted by molar-refractivity contribution is -0.385. The number of sulfonamides is 1. The van der Waals surface area contributed by atoms with Crippen LogP contribution in [-0.4, -0.2) is 32.8 Å². The summed E-state index contributed by atoms with van der Waals surface area (Å²) in [6.07, 6.45) is 1.04. The van der Waals surface area contributed by atoms with E-state index in [9.17, 15) is 18.5 Å². The van der Waals surface area contributed by atoms with Crippen molar-refractivity contribution in [2.45, 2.75) is 18.7 Å². The van der Waals surface area contributed by atoms with E-state index in [2.05, 4.69) is 4.40 Å². The summed E-state index contributed by atoms with van der Waals surface area (Å²) in [5.41, 5.74) is -0.129. The largest absolute Gasteiger partial charge is 0.493 e. The van der Waals surface area contributed by atoms with E-state index in [1.54, 1.807) is 32.0 Å². The van der Waals surface area contributed by atoms with Crippen molar-refractivity contribution in [1.29, 1.82) is 0 Å². The van der Waals surface area contributed by atoms with Crippen LogP contribution in [0, 0.1) is 10.1 Å². The predicted molar refractivity (Wildman–Crippen MR) is 96.7 cm³/mol. The Labute approximate surface area is 151 Å². The van der Waals surface area contributed by atoms with E-state index < -0.39 is 14.9 Å². The number of benzene rings is 2. The maximum atomic E-state index is 12.3. The second-order valence-corrected chi connectivity index (χ2v) is 6.64. The second-order valence-electron chi connectivity index (χ2n) is 5.00. The zero-order valence-electron chi connectivity index (χ0n) is 14.3. The Morgan fingerprint density at radius 1 is 1.08 bits per heavy atom. The molecule has 0 aliphatic carbocycles. The zero-order valence-corrected chi connectivity index (χ0v) is 15.1. The minimum absolute atomic E-state index is 0.0228. The highest BCUT2D eigenvalue weighted by molar-refractivity contribution is 7.90. The molecule has 0 saturated heterocycles. The molecule has 0 atom stereocenters. The van der Waals surface area contributed by atoms with Crippen LogP contribution in [0.5, 0.6) is 11.5 Å². The fourth-order valence-corrected chi connectivity index (χ4v) is 3.02. The van der Waals surface area contributed by atoms with E-state index >= 15 is 0 Å². The van der Waals surface area contributed by atoms with Crippen molar-refractivity contribution in [2.24, 2.45) is 4.40 Å². The maximum absolute atomic E-state index is 12.3. The van der Waals surface area contributed by atoms with Gasteiger partial charge in [0.25, 0.3) is 10.0 Å². The average molecular weight is 378 g/mol. The lowest BCUT2D eigenvalue weighted by atomic mass is 10.1. The number of hydrogen-bond acceptors (Lipinski definition) is 6. The van der Waals surface area contributed by atoms with Crippen LogP contribution in [-0.2, 0) is 10.0 Å². The van der Waals surface area contributed by atoms with Gasteiger partial charge in [0.15, 0.2) is 0 Å². The zero-order chi connectivity index (χ0) is 19.2. The van der Waals surface area contributed by atoms with Crippen LogP contribution in [0.1, 0.15) is 19.4 Å². The molecule has 138 valence electrons. The Hall–Kier alpha value is -2.94. The molecular weight excluding hydrogens is 360 g/mol. The van der Waals surface area contributed by atoms with E-state index in [-0.39, 0.29) is 40.9 Å². The minimum Gasteiger partial charge on any atom is -0.493 e. The molecule has 0 aliphatic heterocycles. The first-order valence-corrected chi connectivity index (χ1v) is 9.26.